The minimum Gasteiger partial charge on any atom is -0.490 e. The van der Waals surface area contributed by atoms with Crippen LogP contribution in [-0.4, -0.2) is 41.0 Å². The molecule has 1 aromatic carbocycles. The third-order valence-corrected chi connectivity index (χ3v) is 6.89. The van der Waals surface area contributed by atoms with Gasteiger partial charge in [0.25, 0.3) is 5.91 Å². The van der Waals surface area contributed by atoms with Crippen LogP contribution in [0.3, 0.4) is 0 Å². The number of benzene rings is 1. The van der Waals surface area contributed by atoms with E-state index in [-0.39, 0.29) is 13.2 Å². The lowest BCUT2D eigenvalue weighted by molar-refractivity contribution is -0.172. The molecule has 4 aliphatic rings. The molecule has 26 heavy (non-hydrogen) atoms. The number of aliphatic hydroxyl groups excluding tert-OH is 1. The van der Waals surface area contributed by atoms with Crippen LogP contribution in [-0.2, 0) is 4.79 Å². The van der Waals surface area contributed by atoms with Crippen molar-refractivity contribution in [2.45, 2.75) is 50.7 Å². The second-order valence-corrected chi connectivity index (χ2v) is 8.61. The van der Waals surface area contributed by atoms with Crippen molar-refractivity contribution in [1.82, 2.24) is 5.32 Å². The van der Waals surface area contributed by atoms with Gasteiger partial charge in [-0.1, -0.05) is 18.2 Å². The van der Waals surface area contributed by atoms with Crippen molar-refractivity contribution < 1.29 is 19.7 Å². The molecule has 1 amide bonds. The summed E-state index contributed by atoms with van der Waals surface area (Å²) in [5.41, 5.74) is 0.155. The first-order valence-corrected chi connectivity index (χ1v) is 9.82. The highest BCUT2D eigenvalue weighted by atomic mass is 16.5. The van der Waals surface area contributed by atoms with Gasteiger partial charge in [-0.2, -0.15) is 0 Å². The third kappa shape index (κ3) is 3.23. The molecule has 0 aromatic heterocycles. The molecule has 0 saturated heterocycles. The molecule has 1 atom stereocenters. The highest BCUT2D eigenvalue weighted by Gasteiger charge is 2.56. The van der Waals surface area contributed by atoms with Crippen molar-refractivity contribution in [2.75, 3.05) is 13.2 Å². The summed E-state index contributed by atoms with van der Waals surface area (Å²) in [6, 6.07) is 7.51. The summed E-state index contributed by atoms with van der Waals surface area (Å²) >= 11 is 0. The Bertz CT molecular complexity index is 646. The second kappa shape index (κ2) is 6.86. The monoisotopic (exact) mass is 359 g/mol. The Balaban J connectivity index is 1.30. The number of carbonyl (C=O) groups excluding carboxylic acids is 1. The molecule has 5 nitrogen and oxygen atoms in total. The number of ether oxygens (including phenoxy) is 1. The molecule has 0 heterocycles. The Hall–Kier alpha value is -1.59. The van der Waals surface area contributed by atoms with E-state index < -0.39 is 17.6 Å². The SMILES string of the molecule is Cc1ccccc1OC[C@H](O)C(=O)NCC1(O)C2CC3CC(C2)CC1C3. The number of para-hydroxylation sites is 1. The van der Waals surface area contributed by atoms with Crippen LogP contribution in [0.1, 0.15) is 37.7 Å². The first-order chi connectivity index (χ1) is 12.5. The highest BCUT2D eigenvalue weighted by molar-refractivity contribution is 5.80. The number of hydrogen-bond donors (Lipinski definition) is 3. The van der Waals surface area contributed by atoms with Crippen molar-refractivity contribution in [3.8, 4) is 5.75 Å². The van der Waals surface area contributed by atoms with Crippen LogP contribution in [0.25, 0.3) is 0 Å². The molecule has 142 valence electrons. The van der Waals surface area contributed by atoms with Gasteiger partial charge in [0.15, 0.2) is 6.10 Å². The van der Waals surface area contributed by atoms with Crippen molar-refractivity contribution in [2.24, 2.45) is 23.7 Å². The maximum absolute atomic E-state index is 12.3. The summed E-state index contributed by atoms with van der Waals surface area (Å²) in [5, 5.41) is 24.1. The Morgan fingerprint density at radius 3 is 2.42 bits per heavy atom. The van der Waals surface area contributed by atoms with Crippen LogP contribution in [0.4, 0.5) is 0 Å². The molecule has 0 radical (unpaired) electrons. The van der Waals surface area contributed by atoms with Crippen molar-refractivity contribution in [3.63, 3.8) is 0 Å². The molecule has 4 saturated carbocycles. The molecule has 5 rings (SSSR count). The normalized spacial score (nSPS) is 36.0. The molecule has 4 bridgehead atoms. The zero-order valence-electron chi connectivity index (χ0n) is 15.4. The average Bonchev–Trinajstić information content (AvgIpc) is 2.63. The van der Waals surface area contributed by atoms with Gasteiger partial charge in [0.1, 0.15) is 12.4 Å². The van der Waals surface area contributed by atoms with E-state index in [4.69, 9.17) is 4.74 Å². The van der Waals surface area contributed by atoms with Crippen LogP contribution in [0, 0.1) is 30.6 Å². The Morgan fingerprint density at radius 1 is 1.19 bits per heavy atom. The highest BCUT2D eigenvalue weighted by Crippen LogP contribution is 2.58. The molecule has 0 unspecified atom stereocenters. The lowest BCUT2D eigenvalue weighted by Crippen LogP contribution is -2.62. The zero-order valence-corrected chi connectivity index (χ0v) is 15.4. The first kappa shape index (κ1) is 17.8. The van der Waals surface area contributed by atoms with E-state index in [0.717, 1.165) is 43.1 Å². The summed E-state index contributed by atoms with van der Waals surface area (Å²) in [4.78, 5) is 12.3. The molecule has 0 aliphatic heterocycles. The maximum Gasteiger partial charge on any atom is 0.252 e. The number of amides is 1. The summed E-state index contributed by atoms with van der Waals surface area (Å²) in [5.74, 6) is 2.31. The van der Waals surface area contributed by atoms with E-state index in [1.165, 1.54) is 6.42 Å². The Morgan fingerprint density at radius 2 is 1.81 bits per heavy atom. The average molecular weight is 359 g/mol. The zero-order chi connectivity index (χ0) is 18.3. The Kier molecular flexibility index (Phi) is 4.70. The van der Waals surface area contributed by atoms with Gasteiger partial charge < -0.3 is 20.3 Å². The summed E-state index contributed by atoms with van der Waals surface area (Å²) in [6.07, 6.45) is 4.41. The summed E-state index contributed by atoms with van der Waals surface area (Å²) < 4.78 is 5.56. The predicted octanol–water partition coefficient (Wildman–Crippen LogP) is 2.04. The molecular formula is C21H29NO4. The smallest absolute Gasteiger partial charge is 0.252 e. The third-order valence-electron chi connectivity index (χ3n) is 6.89. The fraction of sp³-hybridized carbons (Fsp3) is 0.667. The van der Waals surface area contributed by atoms with Crippen molar-refractivity contribution in [1.29, 1.82) is 0 Å². The van der Waals surface area contributed by atoms with E-state index >= 15 is 0 Å². The van der Waals surface area contributed by atoms with Gasteiger partial charge in [0.2, 0.25) is 0 Å². The number of aliphatic hydroxyl groups is 2. The molecular weight excluding hydrogens is 330 g/mol. The number of rotatable bonds is 6. The van der Waals surface area contributed by atoms with Crippen molar-refractivity contribution in [3.05, 3.63) is 29.8 Å². The van der Waals surface area contributed by atoms with Gasteiger partial charge in [-0.25, -0.2) is 0 Å². The molecule has 3 N–H and O–H groups in total. The van der Waals surface area contributed by atoms with Crippen LogP contribution in [0.5, 0.6) is 5.75 Å². The minimum atomic E-state index is -1.24. The fourth-order valence-corrected chi connectivity index (χ4v) is 5.60. The van der Waals surface area contributed by atoms with E-state index in [1.807, 2.05) is 31.2 Å². The molecule has 4 aliphatic carbocycles. The van der Waals surface area contributed by atoms with Crippen LogP contribution < -0.4 is 10.1 Å². The molecule has 4 fully saturated rings. The second-order valence-electron chi connectivity index (χ2n) is 8.61. The molecule has 1 aromatic rings. The van der Waals surface area contributed by atoms with E-state index in [1.54, 1.807) is 0 Å². The Labute approximate surface area is 154 Å². The summed E-state index contributed by atoms with van der Waals surface area (Å²) in [6.45, 7) is 2.07. The first-order valence-electron chi connectivity index (χ1n) is 9.82. The fourth-order valence-electron chi connectivity index (χ4n) is 5.60. The van der Waals surface area contributed by atoms with Gasteiger partial charge in [-0.05, 0) is 74.3 Å². The molecule has 5 heteroatoms. The van der Waals surface area contributed by atoms with Crippen LogP contribution >= 0.6 is 0 Å². The maximum atomic E-state index is 12.3. The van der Waals surface area contributed by atoms with Gasteiger partial charge in [-0.15, -0.1) is 0 Å². The quantitative estimate of drug-likeness (QED) is 0.726. The molecule has 0 spiro atoms. The van der Waals surface area contributed by atoms with Gasteiger partial charge >= 0.3 is 0 Å². The van der Waals surface area contributed by atoms with Crippen LogP contribution in [0.2, 0.25) is 0 Å². The van der Waals surface area contributed by atoms with Gasteiger partial charge in [0.05, 0.1) is 5.60 Å². The predicted molar refractivity (Wildman–Crippen MR) is 97.7 cm³/mol. The van der Waals surface area contributed by atoms with E-state index in [2.05, 4.69) is 5.32 Å². The summed E-state index contributed by atoms with van der Waals surface area (Å²) in [7, 11) is 0. The number of nitrogens with one attached hydrogen (secondary N) is 1. The van der Waals surface area contributed by atoms with Crippen LogP contribution in [0.15, 0.2) is 24.3 Å². The van der Waals surface area contributed by atoms with Crippen molar-refractivity contribution >= 4 is 5.91 Å². The number of aryl methyl sites for hydroxylation is 1. The van der Waals surface area contributed by atoms with E-state index in [9.17, 15) is 15.0 Å². The standard InChI is InChI=1S/C21H29NO4/c1-13-4-2-3-5-19(13)26-11-18(23)20(24)22-12-21(25)16-7-14-6-15(9-16)10-17(21)8-14/h2-5,14-18,23,25H,6-12H2,1H3,(H,22,24)/t14?,15?,16?,17?,18-,21?/m0/s1. The number of carbonyl (C=O) groups is 1. The van der Waals surface area contributed by atoms with Gasteiger partial charge in [-0.3, -0.25) is 4.79 Å². The lowest BCUT2D eigenvalue weighted by Gasteiger charge is -2.59. The topological polar surface area (TPSA) is 78.8 Å². The van der Waals surface area contributed by atoms with Gasteiger partial charge in [0, 0.05) is 6.54 Å². The minimum absolute atomic E-state index is 0.0912. The largest absolute Gasteiger partial charge is 0.490 e. The lowest BCUT2D eigenvalue weighted by atomic mass is 9.50. The number of hydrogen-bond acceptors (Lipinski definition) is 4. The van der Waals surface area contributed by atoms with E-state index in [0.29, 0.717) is 17.6 Å².